The first-order valence-electron chi connectivity index (χ1n) is 8.84. The van der Waals surface area contributed by atoms with Gasteiger partial charge in [-0.05, 0) is 57.1 Å². The minimum Gasteiger partial charge on any atom is -0.313 e. The number of nitrogens with one attached hydrogen (secondary N) is 1. The van der Waals surface area contributed by atoms with E-state index >= 15 is 0 Å². The van der Waals surface area contributed by atoms with Crippen molar-refractivity contribution >= 4 is 0 Å². The summed E-state index contributed by atoms with van der Waals surface area (Å²) < 4.78 is 0. The maximum absolute atomic E-state index is 3.87. The molecule has 0 heterocycles. The van der Waals surface area contributed by atoms with Gasteiger partial charge in [-0.15, -0.1) is 0 Å². The predicted octanol–water partition coefficient (Wildman–Crippen LogP) is 5.18. The molecule has 1 aromatic rings. The van der Waals surface area contributed by atoms with Gasteiger partial charge < -0.3 is 5.32 Å². The van der Waals surface area contributed by atoms with Crippen molar-refractivity contribution in [2.75, 3.05) is 6.54 Å². The molecule has 2 rings (SSSR count). The van der Waals surface area contributed by atoms with Crippen molar-refractivity contribution in [1.82, 2.24) is 5.32 Å². The molecule has 21 heavy (non-hydrogen) atoms. The molecule has 0 bridgehead atoms. The van der Waals surface area contributed by atoms with Crippen molar-refractivity contribution in [1.29, 1.82) is 0 Å². The first-order valence-corrected chi connectivity index (χ1v) is 8.84. The molecule has 1 N–H and O–H groups in total. The van der Waals surface area contributed by atoms with Crippen LogP contribution in [0.1, 0.15) is 69.1 Å². The summed E-state index contributed by atoms with van der Waals surface area (Å²) in [5.41, 5.74) is 4.78. The first-order chi connectivity index (χ1) is 10.0. The van der Waals surface area contributed by atoms with Crippen molar-refractivity contribution < 1.29 is 0 Å². The highest BCUT2D eigenvalue weighted by Crippen LogP contribution is 2.40. The molecular weight excluding hydrogens is 254 g/mol. The summed E-state index contributed by atoms with van der Waals surface area (Å²) in [4.78, 5) is 0. The Bertz CT molecular complexity index is 423. The van der Waals surface area contributed by atoms with Gasteiger partial charge in [0.2, 0.25) is 0 Å². The minimum absolute atomic E-state index is 0.477. The van der Waals surface area contributed by atoms with Gasteiger partial charge in [-0.2, -0.15) is 0 Å². The Balaban J connectivity index is 2.15. The fourth-order valence-electron chi connectivity index (χ4n) is 4.01. The molecule has 0 saturated heterocycles. The lowest BCUT2D eigenvalue weighted by atomic mass is 9.69. The van der Waals surface area contributed by atoms with Crippen molar-refractivity contribution in [3.05, 3.63) is 34.9 Å². The second-order valence-electron chi connectivity index (χ2n) is 7.42. The average molecular weight is 287 g/mol. The molecule has 1 aromatic carbocycles. The molecule has 1 fully saturated rings. The van der Waals surface area contributed by atoms with E-state index in [0.717, 1.165) is 6.54 Å². The highest BCUT2D eigenvalue weighted by Gasteiger charge is 2.34. The smallest absolute Gasteiger partial charge is 0.0161 e. The third-order valence-electron chi connectivity index (χ3n) is 5.20. The van der Waals surface area contributed by atoms with Gasteiger partial charge in [0.25, 0.3) is 0 Å². The van der Waals surface area contributed by atoms with Crippen molar-refractivity contribution in [3.8, 4) is 0 Å². The topological polar surface area (TPSA) is 12.0 Å². The predicted molar refractivity (Wildman–Crippen MR) is 92.9 cm³/mol. The Hall–Kier alpha value is -0.820. The number of aryl methyl sites for hydroxylation is 2. The third-order valence-corrected chi connectivity index (χ3v) is 5.20. The quantitative estimate of drug-likeness (QED) is 0.759. The van der Waals surface area contributed by atoms with Crippen LogP contribution in [-0.2, 0) is 6.42 Å². The van der Waals surface area contributed by atoms with E-state index in [1.54, 1.807) is 0 Å². The van der Waals surface area contributed by atoms with Crippen LogP contribution in [0.25, 0.3) is 0 Å². The zero-order valence-electron chi connectivity index (χ0n) is 14.5. The maximum Gasteiger partial charge on any atom is 0.0161 e. The van der Waals surface area contributed by atoms with Gasteiger partial charge in [-0.25, -0.2) is 0 Å². The first kappa shape index (κ1) is 16.5. The van der Waals surface area contributed by atoms with Crippen molar-refractivity contribution in [2.24, 2.45) is 5.41 Å². The van der Waals surface area contributed by atoms with Crippen LogP contribution < -0.4 is 5.32 Å². The number of rotatable bonds is 6. The van der Waals surface area contributed by atoms with Crippen LogP contribution >= 0.6 is 0 Å². The number of benzene rings is 1. The Labute approximate surface area is 131 Å². The van der Waals surface area contributed by atoms with Gasteiger partial charge in [-0.1, -0.05) is 62.4 Å². The van der Waals surface area contributed by atoms with E-state index < -0.39 is 0 Å². The normalized spacial score (nSPS) is 19.4. The van der Waals surface area contributed by atoms with E-state index in [4.69, 9.17) is 0 Å². The van der Waals surface area contributed by atoms with Gasteiger partial charge in [0.15, 0.2) is 0 Å². The van der Waals surface area contributed by atoms with Crippen LogP contribution in [0.5, 0.6) is 0 Å². The van der Waals surface area contributed by atoms with Crippen molar-refractivity contribution in [3.63, 3.8) is 0 Å². The second-order valence-corrected chi connectivity index (χ2v) is 7.42. The van der Waals surface area contributed by atoms with Crippen LogP contribution in [0.2, 0.25) is 0 Å². The molecule has 118 valence electrons. The molecule has 0 spiro atoms. The van der Waals surface area contributed by atoms with E-state index in [1.807, 2.05) is 0 Å². The van der Waals surface area contributed by atoms with Crippen LogP contribution in [0.4, 0.5) is 0 Å². The highest BCUT2D eigenvalue weighted by atomic mass is 14.9. The lowest BCUT2D eigenvalue weighted by molar-refractivity contribution is 0.143. The summed E-state index contributed by atoms with van der Waals surface area (Å²) in [6, 6.07) is 7.65. The molecule has 1 heteroatoms. The van der Waals surface area contributed by atoms with Gasteiger partial charge in [0.1, 0.15) is 0 Å². The zero-order valence-corrected chi connectivity index (χ0v) is 14.5. The van der Waals surface area contributed by atoms with E-state index in [9.17, 15) is 0 Å². The van der Waals surface area contributed by atoms with Gasteiger partial charge in [-0.3, -0.25) is 0 Å². The lowest BCUT2D eigenvalue weighted by Gasteiger charge is -2.41. The van der Waals surface area contributed by atoms with Crippen LogP contribution in [0.3, 0.4) is 0 Å². The molecule has 0 aliphatic heterocycles. The molecule has 1 unspecified atom stereocenters. The van der Waals surface area contributed by atoms with E-state index in [-0.39, 0.29) is 0 Å². The largest absolute Gasteiger partial charge is 0.313 e. The number of hydrogen-bond donors (Lipinski definition) is 1. The SMILES string of the molecule is CCCNC(Cc1cc(C)cc(C)c1)C1(C)CCCCC1. The number of hydrogen-bond acceptors (Lipinski definition) is 1. The molecule has 0 aromatic heterocycles. The van der Waals surface area contributed by atoms with Gasteiger partial charge in [0, 0.05) is 6.04 Å². The molecule has 1 nitrogen and oxygen atoms in total. The minimum atomic E-state index is 0.477. The Kier molecular flexibility index (Phi) is 5.87. The Morgan fingerprint density at radius 3 is 2.24 bits per heavy atom. The summed E-state index contributed by atoms with van der Waals surface area (Å²) in [7, 11) is 0. The average Bonchev–Trinajstić information content (AvgIpc) is 2.43. The Morgan fingerprint density at radius 2 is 1.67 bits per heavy atom. The fraction of sp³-hybridized carbons (Fsp3) is 0.700. The molecule has 1 aliphatic carbocycles. The van der Waals surface area contributed by atoms with Crippen LogP contribution in [-0.4, -0.2) is 12.6 Å². The molecular formula is C20H33N. The van der Waals surface area contributed by atoms with Crippen molar-refractivity contribution in [2.45, 2.75) is 78.7 Å². The van der Waals surface area contributed by atoms with Crippen LogP contribution in [0.15, 0.2) is 18.2 Å². The molecule has 1 aliphatic rings. The summed E-state index contributed by atoms with van der Waals surface area (Å²) in [6.07, 6.45) is 9.43. The summed E-state index contributed by atoms with van der Waals surface area (Å²) in [6.45, 7) is 10.4. The van der Waals surface area contributed by atoms with E-state index in [0.29, 0.717) is 11.5 Å². The standard InChI is InChI=1S/C20H33N/c1-5-11-21-19(20(4)9-7-6-8-10-20)15-18-13-16(2)12-17(3)14-18/h12-14,19,21H,5-11,15H2,1-4H3. The Morgan fingerprint density at radius 1 is 1.05 bits per heavy atom. The summed E-state index contributed by atoms with van der Waals surface area (Å²) >= 11 is 0. The summed E-state index contributed by atoms with van der Waals surface area (Å²) in [5.74, 6) is 0. The van der Waals surface area contributed by atoms with E-state index in [1.165, 1.54) is 61.6 Å². The fourth-order valence-corrected chi connectivity index (χ4v) is 4.01. The summed E-state index contributed by atoms with van der Waals surface area (Å²) in [5, 5.41) is 3.87. The maximum atomic E-state index is 3.87. The highest BCUT2D eigenvalue weighted by molar-refractivity contribution is 5.29. The lowest BCUT2D eigenvalue weighted by Crippen LogP contribution is -2.46. The van der Waals surface area contributed by atoms with Crippen LogP contribution in [0, 0.1) is 19.3 Å². The van der Waals surface area contributed by atoms with E-state index in [2.05, 4.69) is 51.2 Å². The zero-order chi connectivity index (χ0) is 15.3. The third kappa shape index (κ3) is 4.57. The molecule has 1 saturated carbocycles. The molecule has 0 amide bonds. The van der Waals surface area contributed by atoms with Gasteiger partial charge >= 0.3 is 0 Å². The molecule has 0 radical (unpaired) electrons. The molecule has 1 atom stereocenters. The van der Waals surface area contributed by atoms with Gasteiger partial charge in [0.05, 0.1) is 0 Å². The monoisotopic (exact) mass is 287 g/mol. The second kappa shape index (κ2) is 7.45.